The maximum atomic E-state index is 12.4. The standard InChI is InChI=1S/C16H14N2O4S/c1-2-22-16(19)14-8-3-4-9-15(14)18-23(20,21)13-7-5-6-12(10-13)11-17/h3-10,18H,2H2,1H3. The van der Waals surface area contributed by atoms with Crippen molar-refractivity contribution in [1.29, 1.82) is 5.26 Å². The molecule has 1 N–H and O–H groups in total. The molecule has 6 nitrogen and oxygen atoms in total. The van der Waals surface area contributed by atoms with Crippen LogP contribution < -0.4 is 4.72 Å². The third kappa shape index (κ3) is 3.87. The topological polar surface area (TPSA) is 96.3 Å². The molecule has 2 rings (SSSR count). The number of anilines is 1. The van der Waals surface area contributed by atoms with Crippen LogP contribution in [0.15, 0.2) is 53.4 Å². The molecule has 0 spiro atoms. The van der Waals surface area contributed by atoms with Crippen molar-refractivity contribution >= 4 is 21.7 Å². The summed E-state index contributed by atoms with van der Waals surface area (Å²) in [5, 5.41) is 8.87. The average molecular weight is 330 g/mol. The fraction of sp³-hybridized carbons (Fsp3) is 0.125. The van der Waals surface area contributed by atoms with Crippen LogP contribution in [0.4, 0.5) is 5.69 Å². The van der Waals surface area contributed by atoms with E-state index in [1.807, 2.05) is 6.07 Å². The van der Waals surface area contributed by atoms with Gasteiger partial charge in [0.15, 0.2) is 0 Å². The predicted molar refractivity (Wildman–Crippen MR) is 84.4 cm³/mol. The summed E-state index contributed by atoms with van der Waals surface area (Å²) in [7, 11) is -3.93. The minimum absolute atomic E-state index is 0.0600. The highest BCUT2D eigenvalue weighted by atomic mass is 32.2. The molecule has 0 fully saturated rings. The number of ether oxygens (including phenoxy) is 1. The van der Waals surface area contributed by atoms with E-state index in [0.29, 0.717) is 0 Å². The second-order valence-corrected chi connectivity index (χ2v) is 6.19. The zero-order valence-corrected chi connectivity index (χ0v) is 13.1. The van der Waals surface area contributed by atoms with Crippen molar-refractivity contribution < 1.29 is 17.9 Å². The first-order valence-corrected chi connectivity index (χ1v) is 8.25. The summed E-state index contributed by atoms with van der Waals surface area (Å²) in [6.45, 7) is 1.85. The number of benzene rings is 2. The Morgan fingerprint density at radius 1 is 1.22 bits per heavy atom. The Kier molecular flexibility index (Phi) is 4.98. The highest BCUT2D eigenvalue weighted by Crippen LogP contribution is 2.21. The monoisotopic (exact) mass is 330 g/mol. The molecule has 0 amide bonds. The Morgan fingerprint density at radius 2 is 1.96 bits per heavy atom. The quantitative estimate of drug-likeness (QED) is 0.850. The number of esters is 1. The van der Waals surface area contributed by atoms with Gasteiger partial charge in [-0.2, -0.15) is 5.26 Å². The summed E-state index contributed by atoms with van der Waals surface area (Å²) < 4.78 is 32.1. The van der Waals surface area contributed by atoms with Gasteiger partial charge in [0.1, 0.15) is 0 Å². The fourth-order valence-corrected chi connectivity index (χ4v) is 3.02. The van der Waals surface area contributed by atoms with Gasteiger partial charge in [-0.05, 0) is 37.3 Å². The molecule has 7 heteroatoms. The fourth-order valence-electron chi connectivity index (χ4n) is 1.90. The van der Waals surface area contributed by atoms with Gasteiger partial charge in [0.2, 0.25) is 0 Å². The molecule has 0 saturated heterocycles. The van der Waals surface area contributed by atoms with Crippen LogP contribution in [-0.2, 0) is 14.8 Å². The zero-order chi connectivity index (χ0) is 16.9. The summed E-state index contributed by atoms with van der Waals surface area (Å²) in [5.41, 5.74) is 0.467. The average Bonchev–Trinajstić information content (AvgIpc) is 2.55. The largest absolute Gasteiger partial charge is 0.462 e. The van der Waals surface area contributed by atoms with Gasteiger partial charge in [-0.1, -0.05) is 18.2 Å². The van der Waals surface area contributed by atoms with E-state index < -0.39 is 16.0 Å². The number of carbonyl (C=O) groups is 1. The van der Waals surface area contributed by atoms with Gasteiger partial charge in [0.05, 0.1) is 34.4 Å². The van der Waals surface area contributed by atoms with Crippen LogP contribution >= 0.6 is 0 Å². The van der Waals surface area contributed by atoms with Crippen molar-refractivity contribution in [3.05, 3.63) is 59.7 Å². The smallest absolute Gasteiger partial charge is 0.340 e. The van der Waals surface area contributed by atoms with Crippen molar-refractivity contribution in [3.8, 4) is 6.07 Å². The van der Waals surface area contributed by atoms with E-state index >= 15 is 0 Å². The SMILES string of the molecule is CCOC(=O)c1ccccc1NS(=O)(=O)c1cccc(C#N)c1. The van der Waals surface area contributed by atoms with Gasteiger partial charge in [0, 0.05) is 0 Å². The minimum Gasteiger partial charge on any atom is -0.462 e. The lowest BCUT2D eigenvalue weighted by atomic mass is 10.2. The molecule has 0 aliphatic carbocycles. The van der Waals surface area contributed by atoms with Crippen LogP contribution in [0.25, 0.3) is 0 Å². The van der Waals surface area contributed by atoms with Gasteiger partial charge in [-0.3, -0.25) is 4.72 Å². The summed E-state index contributed by atoms with van der Waals surface area (Å²) in [6, 6.07) is 13.7. The molecule has 2 aromatic carbocycles. The molecular formula is C16H14N2O4S. The van der Waals surface area contributed by atoms with Gasteiger partial charge < -0.3 is 4.74 Å². The van der Waals surface area contributed by atoms with Gasteiger partial charge in [-0.25, -0.2) is 13.2 Å². The molecule has 118 valence electrons. The van der Waals surface area contributed by atoms with Crippen LogP contribution in [-0.4, -0.2) is 21.0 Å². The number of nitrogens with one attached hydrogen (secondary N) is 1. The molecule has 0 unspecified atom stereocenters. The summed E-state index contributed by atoms with van der Waals surface area (Å²) in [6.07, 6.45) is 0. The van der Waals surface area contributed by atoms with Crippen LogP contribution in [0.5, 0.6) is 0 Å². The van der Waals surface area contributed by atoms with E-state index in [1.165, 1.54) is 36.4 Å². The van der Waals surface area contributed by atoms with Gasteiger partial charge >= 0.3 is 5.97 Å². The van der Waals surface area contributed by atoms with Crippen molar-refractivity contribution in [3.63, 3.8) is 0 Å². The number of hydrogen-bond donors (Lipinski definition) is 1. The third-order valence-corrected chi connectivity index (χ3v) is 4.30. The summed E-state index contributed by atoms with van der Waals surface area (Å²) >= 11 is 0. The maximum absolute atomic E-state index is 12.4. The summed E-state index contributed by atoms with van der Waals surface area (Å²) in [4.78, 5) is 11.8. The Balaban J connectivity index is 2.38. The Morgan fingerprint density at radius 3 is 2.65 bits per heavy atom. The van der Waals surface area contributed by atoms with Crippen LogP contribution in [0, 0.1) is 11.3 Å². The molecule has 0 atom stereocenters. The number of sulfonamides is 1. The number of nitriles is 1. The molecule has 0 aliphatic heterocycles. The summed E-state index contributed by atoms with van der Waals surface area (Å²) in [5.74, 6) is -0.614. The molecule has 0 saturated carbocycles. The van der Waals surface area contributed by atoms with E-state index in [-0.39, 0.29) is 28.3 Å². The van der Waals surface area contributed by atoms with E-state index in [0.717, 1.165) is 0 Å². The molecule has 0 radical (unpaired) electrons. The number of carbonyl (C=O) groups excluding carboxylic acids is 1. The maximum Gasteiger partial charge on any atom is 0.340 e. The van der Waals surface area contributed by atoms with E-state index in [4.69, 9.17) is 10.00 Å². The lowest BCUT2D eigenvalue weighted by Gasteiger charge is -2.12. The van der Waals surface area contributed by atoms with Crippen molar-refractivity contribution in [2.45, 2.75) is 11.8 Å². The molecule has 0 aromatic heterocycles. The minimum atomic E-state index is -3.93. The molecule has 2 aromatic rings. The molecular weight excluding hydrogens is 316 g/mol. The lowest BCUT2D eigenvalue weighted by molar-refractivity contribution is 0.0527. The third-order valence-electron chi connectivity index (χ3n) is 2.94. The first kappa shape index (κ1) is 16.5. The van der Waals surface area contributed by atoms with Crippen molar-refractivity contribution in [1.82, 2.24) is 0 Å². The molecule has 0 aliphatic rings. The van der Waals surface area contributed by atoms with E-state index in [2.05, 4.69) is 4.72 Å². The zero-order valence-electron chi connectivity index (χ0n) is 12.3. The molecule has 0 heterocycles. The molecule has 23 heavy (non-hydrogen) atoms. The highest BCUT2D eigenvalue weighted by molar-refractivity contribution is 7.92. The second-order valence-electron chi connectivity index (χ2n) is 4.51. The number of hydrogen-bond acceptors (Lipinski definition) is 5. The Bertz CT molecular complexity index is 870. The van der Waals surface area contributed by atoms with Crippen LogP contribution in [0.3, 0.4) is 0 Å². The van der Waals surface area contributed by atoms with E-state index in [1.54, 1.807) is 19.1 Å². The van der Waals surface area contributed by atoms with Gasteiger partial charge in [0.25, 0.3) is 10.0 Å². The number of nitrogens with zero attached hydrogens (tertiary/aromatic N) is 1. The van der Waals surface area contributed by atoms with Crippen LogP contribution in [0.1, 0.15) is 22.8 Å². The highest BCUT2D eigenvalue weighted by Gasteiger charge is 2.19. The van der Waals surface area contributed by atoms with Crippen molar-refractivity contribution in [2.75, 3.05) is 11.3 Å². The van der Waals surface area contributed by atoms with E-state index in [9.17, 15) is 13.2 Å². The second kappa shape index (κ2) is 6.94. The van der Waals surface area contributed by atoms with Gasteiger partial charge in [-0.15, -0.1) is 0 Å². The number of rotatable bonds is 5. The normalized spacial score (nSPS) is 10.6. The number of para-hydroxylation sites is 1. The Hall–Kier alpha value is -2.85. The first-order chi connectivity index (χ1) is 11.0. The lowest BCUT2D eigenvalue weighted by Crippen LogP contribution is -2.16. The predicted octanol–water partition coefficient (Wildman–Crippen LogP) is 2.54. The Labute approximate surface area is 134 Å². The van der Waals surface area contributed by atoms with Crippen LogP contribution in [0.2, 0.25) is 0 Å². The first-order valence-electron chi connectivity index (χ1n) is 6.77. The van der Waals surface area contributed by atoms with Crippen molar-refractivity contribution in [2.24, 2.45) is 0 Å². The molecule has 0 bridgehead atoms.